The smallest absolute Gasteiger partial charge is 0.270 e. The van der Waals surface area contributed by atoms with E-state index in [0.29, 0.717) is 52.1 Å². The van der Waals surface area contributed by atoms with E-state index < -0.39 is 29.7 Å². The summed E-state index contributed by atoms with van der Waals surface area (Å²) in [5.74, 6) is 0. The Balaban J connectivity index is 3.52. The van der Waals surface area contributed by atoms with Crippen LogP contribution in [0.1, 0.15) is 72.6 Å². The molecule has 0 amide bonds. The SMILES string of the molecule is CC(C)(CCCCOCCCOCCCCC(C)(C)S(=O)(=O)O)S(=O)(=O)O. The highest BCUT2D eigenvalue weighted by atomic mass is 32.2. The largest absolute Gasteiger partial charge is 0.381 e. The van der Waals surface area contributed by atoms with Gasteiger partial charge in [-0.3, -0.25) is 9.11 Å². The van der Waals surface area contributed by atoms with Crippen molar-refractivity contribution in [2.75, 3.05) is 26.4 Å². The molecule has 0 aromatic carbocycles. The van der Waals surface area contributed by atoms with Gasteiger partial charge in [0.1, 0.15) is 0 Å². The number of ether oxygens (including phenoxy) is 2. The molecule has 0 saturated heterocycles. The van der Waals surface area contributed by atoms with Gasteiger partial charge in [-0.2, -0.15) is 16.8 Å². The fraction of sp³-hybridized carbons (Fsp3) is 1.00. The first-order valence-corrected chi connectivity index (χ1v) is 12.2. The van der Waals surface area contributed by atoms with E-state index in [0.717, 1.165) is 19.3 Å². The van der Waals surface area contributed by atoms with Crippen molar-refractivity contribution >= 4 is 20.2 Å². The maximum Gasteiger partial charge on any atom is 0.270 e. The van der Waals surface area contributed by atoms with Crippen LogP contribution in [0.4, 0.5) is 0 Å². The standard InChI is InChI=1S/C17H36O8S2/c1-16(2,26(18,19)20)10-5-7-12-24-14-9-15-25-13-8-6-11-17(3,4)27(21,22)23/h5-15H2,1-4H3,(H,18,19,20)(H,21,22,23). The van der Waals surface area contributed by atoms with Crippen molar-refractivity contribution in [3.8, 4) is 0 Å². The zero-order valence-corrected chi connectivity index (χ0v) is 18.6. The zero-order valence-electron chi connectivity index (χ0n) is 16.9. The molecule has 0 aromatic heterocycles. The van der Waals surface area contributed by atoms with E-state index in [4.69, 9.17) is 18.6 Å². The van der Waals surface area contributed by atoms with Crippen molar-refractivity contribution in [3.63, 3.8) is 0 Å². The Morgan fingerprint density at radius 3 is 1.19 bits per heavy atom. The molecule has 0 rings (SSSR count). The second-order valence-electron chi connectivity index (χ2n) is 7.96. The Morgan fingerprint density at radius 1 is 0.593 bits per heavy atom. The number of hydrogen-bond donors (Lipinski definition) is 2. The molecule has 0 bridgehead atoms. The molecule has 8 nitrogen and oxygen atoms in total. The van der Waals surface area contributed by atoms with E-state index in [1.165, 1.54) is 27.7 Å². The first-order valence-electron chi connectivity index (χ1n) is 9.30. The fourth-order valence-electron chi connectivity index (χ4n) is 2.23. The maximum absolute atomic E-state index is 11.2. The average molecular weight is 433 g/mol. The summed E-state index contributed by atoms with van der Waals surface area (Å²) >= 11 is 0. The van der Waals surface area contributed by atoms with E-state index in [9.17, 15) is 16.8 Å². The molecular formula is C17H36O8S2. The summed E-state index contributed by atoms with van der Waals surface area (Å²) in [6.07, 6.45) is 4.27. The van der Waals surface area contributed by atoms with Gasteiger partial charge < -0.3 is 9.47 Å². The van der Waals surface area contributed by atoms with Crippen molar-refractivity contribution in [3.05, 3.63) is 0 Å². The fourth-order valence-corrected chi connectivity index (χ4v) is 3.04. The summed E-state index contributed by atoms with van der Waals surface area (Å²) in [7, 11) is -8.06. The van der Waals surface area contributed by atoms with Crippen LogP contribution >= 0.6 is 0 Å². The summed E-state index contributed by atoms with van der Waals surface area (Å²) in [6.45, 7) is 8.19. The lowest BCUT2D eigenvalue weighted by Crippen LogP contribution is -2.31. The van der Waals surface area contributed by atoms with Gasteiger partial charge in [0, 0.05) is 26.4 Å². The van der Waals surface area contributed by atoms with E-state index in [2.05, 4.69) is 0 Å². The van der Waals surface area contributed by atoms with Crippen LogP contribution in [0.3, 0.4) is 0 Å². The van der Waals surface area contributed by atoms with Gasteiger partial charge in [-0.05, 0) is 72.6 Å². The summed E-state index contributed by atoms with van der Waals surface area (Å²) in [4.78, 5) is 0. The van der Waals surface area contributed by atoms with Gasteiger partial charge in [-0.15, -0.1) is 0 Å². The molecule has 0 aliphatic heterocycles. The molecule has 0 saturated carbocycles. The molecule has 0 atom stereocenters. The minimum atomic E-state index is -4.03. The van der Waals surface area contributed by atoms with Crippen molar-refractivity contribution < 1.29 is 35.4 Å². The summed E-state index contributed by atoms with van der Waals surface area (Å²) < 4.78 is 71.4. The minimum absolute atomic E-state index is 0.382. The molecule has 0 aliphatic carbocycles. The molecule has 0 aromatic rings. The molecule has 164 valence electrons. The second-order valence-corrected chi connectivity index (χ2v) is 12.1. The molecule has 0 fully saturated rings. The van der Waals surface area contributed by atoms with Gasteiger partial charge in [0.05, 0.1) is 9.49 Å². The summed E-state index contributed by atoms with van der Waals surface area (Å²) in [5, 5.41) is 0. The topological polar surface area (TPSA) is 127 Å². The molecule has 10 heteroatoms. The molecule has 0 radical (unpaired) electrons. The summed E-state index contributed by atoms with van der Waals surface area (Å²) in [6, 6.07) is 0. The molecule has 0 unspecified atom stereocenters. The van der Waals surface area contributed by atoms with E-state index in [-0.39, 0.29) is 0 Å². The van der Waals surface area contributed by atoms with Gasteiger partial charge in [-0.1, -0.05) is 0 Å². The number of rotatable bonds is 16. The van der Waals surface area contributed by atoms with Crippen LogP contribution in [0.25, 0.3) is 0 Å². The first kappa shape index (κ1) is 26.7. The molecule has 2 N–H and O–H groups in total. The normalized spacial score (nSPS) is 13.9. The number of hydrogen-bond acceptors (Lipinski definition) is 6. The molecule has 0 aliphatic rings. The minimum Gasteiger partial charge on any atom is -0.381 e. The second kappa shape index (κ2) is 11.7. The predicted molar refractivity (Wildman–Crippen MR) is 105 cm³/mol. The third-order valence-corrected chi connectivity index (χ3v) is 7.81. The van der Waals surface area contributed by atoms with E-state index in [1.54, 1.807) is 0 Å². The Morgan fingerprint density at radius 2 is 0.889 bits per heavy atom. The lowest BCUT2D eigenvalue weighted by Gasteiger charge is -2.20. The van der Waals surface area contributed by atoms with Crippen LogP contribution in [-0.4, -0.2) is 61.9 Å². The van der Waals surface area contributed by atoms with Gasteiger partial charge in [0.15, 0.2) is 0 Å². The lowest BCUT2D eigenvalue weighted by molar-refractivity contribution is 0.0791. The Labute approximate surface area is 164 Å². The Bertz CT molecular complexity index is 555. The highest BCUT2D eigenvalue weighted by Crippen LogP contribution is 2.22. The molecule has 0 heterocycles. The zero-order chi connectivity index (χ0) is 21.2. The highest BCUT2D eigenvalue weighted by molar-refractivity contribution is 7.87. The Hall–Kier alpha value is -0.260. The lowest BCUT2D eigenvalue weighted by atomic mass is 10.1. The summed E-state index contributed by atoms with van der Waals surface area (Å²) in [5.41, 5.74) is 0. The first-order chi connectivity index (χ1) is 12.2. The van der Waals surface area contributed by atoms with E-state index >= 15 is 0 Å². The van der Waals surface area contributed by atoms with Crippen LogP contribution in [0.2, 0.25) is 0 Å². The van der Waals surface area contributed by atoms with Gasteiger partial charge in [-0.25, -0.2) is 0 Å². The van der Waals surface area contributed by atoms with Crippen molar-refractivity contribution in [1.29, 1.82) is 0 Å². The van der Waals surface area contributed by atoms with E-state index in [1.807, 2.05) is 0 Å². The third kappa shape index (κ3) is 11.4. The van der Waals surface area contributed by atoms with Crippen LogP contribution < -0.4 is 0 Å². The van der Waals surface area contributed by atoms with Gasteiger partial charge in [0.25, 0.3) is 20.2 Å². The highest BCUT2D eigenvalue weighted by Gasteiger charge is 2.32. The van der Waals surface area contributed by atoms with Gasteiger partial charge in [0.2, 0.25) is 0 Å². The molecule has 27 heavy (non-hydrogen) atoms. The quantitative estimate of drug-likeness (QED) is 0.281. The van der Waals surface area contributed by atoms with Crippen LogP contribution in [0.5, 0.6) is 0 Å². The number of unbranched alkanes of at least 4 members (excludes halogenated alkanes) is 2. The van der Waals surface area contributed by atoms with Gasteiger partial charge >= 0.3 is 0 Å². The maximum atomic E-state index is 11.2. The van der Waals surface area contributed by atoms with Crippen LogP contribution in [-0.2, 0) is 29.7 Å². The molecular weight excluding hydrogens is 396 g/mol. The predicted octanol–water partition coefficient (Wildman–Crippen LogP) is 3.08. The van der Waals surface area contributed by atoms with Crippen molar-refractivity contribution in [2.24, 2.45) is 0 Å². The van der Waals surface area contributed by atoms with Crippen molar-refractivity contribution in [1.82, 2.24) is 0 Å². The monoisotopic (exact) mass is 432 g/mol. The Kier molecular flexibility index (Phi) is 11.6. The average Bonchev–Trinajstić information content (AvgIpc) is 2.49. The van der Waals surface area contributed by atoms with Crippen molar-refractivity contribution in [2.45, 2.75) is 82.1 Å². The van der Waals surface area contributed by atoms with Crippen LogP contribution in [0.15, 0.2) is 0 Å². The third-order valence-electron chi connectivity index (χ3n) is 4.61. The van der Waals surface area contributed by atoms with Crippen LogP contribution in [0, 0.1) is 0 Å². The molecule has 0 spiro atoms.